The summed E-state index contributed by atoms with van der Waals surface area (Å²) in [6, 6.07) is 15.6. The second-order valence-corrected chi connectivity index (χ2v) is 4.14. The van der Waals surface area contributed by atoms with E-state index in [4.69, 9.17) is 11.6 Å². The van der Waals surface area contributed by atoms with Crippen molar-refractivity contribution >= 4 is 22.6 Å². The van der Waals surface area contributed by atoms with E-state index in [1.165, 1.54) is 0 Å². The van der Waals surface area contributed by atoms with Gasteiger partial charge in [-0.2, -0.15) is 0 Å². The van der Waals surface area contributed by atoms with Crippen molar-refractivity contribution in [1.82, 2.24) is 9.97 Å². The normalized spacial score (nSPS) is 10.6. The van der Waals surface area contributed by atoms with Gasteiger partial charge in [0.25, 0.3) is 0 Å². The van der Waals surface area contributed by atoms with E-state index in [2.05, 4.69) is 9.97 Å². The Hall–Kier alpha value is -1.93. The van der Waals surface area contributed by atoms with Crippen LogP contribution in [-0.4, -0.2) is 9.97 Å². The monoisotopic (exact) mass is 240 g/mol. The predicted molar refractivity (Wildman–Crippen MR) is 70.0 cm³/mol. The van der Waals surface area contributed by atoms with Gasteiger partial charge in [-0.25, -0.2) is 9.97 Å². The molecule has 3 aromatic rings. The second-order valence-electron chi connectivity index (χ2n) is 3.73. The Morgan fingerprint density at radius 3 is 2.59 bits per heavy atom. The fraction of sp³-hybridized carbons (Fsp3) is 0. The van der Waals surface area contributed by atoms with Crippen LogP contribution in [0, 0.1) is 0 Å². The van der Waals surface area contributed by atoms with E-state index in [0.29, 0.717) is 10.7 Å². The lowest BCUT2D eigenvalue weighted by molar-refractivity contribution is 1.29. The van der Waals surface area contributed by atoms with Gasteiger partial charge in [0.2, 0.25) is 0 Å². The average molecular weight is 241 g/mol. The van der Waals surface area contributed by atoms with E-state index >= 15 is 0 Å². The Morgan fingerprint density at radius 2 is 1.76 bits per heavy atom. The lowest BCUT2D eigenvalue weighted by atomic mass is 10.1. The molecule has 3 rings (SSSR count). The van der Waals surface area contributed by atoms with Crippen molar-refractivity contribution in [1.29, 1.82) is 0 Å². The van der Waals surface area contributed by atoms with Gasteiger partial charge in [0.1, 0.15) is 0 Å². The summed E-state index contributed by atoms with van der Waals surface area (Å²) in [6.07, 6.45) is 1.72. The van der Waals surface area contributed by atoms with Gasteiger partial charge < -0.3 is 0 Å². The standard InChI is InChI=1S/C14H9ClN2/c15-12-9-13(10-5-2-1-3-6-10)17-14-11(12)7-4-8-16-14/h1-9H. The Bertz CT molecular complexity index is 665. The van der Waals surface area contributed by atoms with Gasteiger partial charge in [0.05, 0.1) is 10.7 Å². The molecule has 2 nitrogen and oxygen atoms in total. The number of nitrogens with zero attached hydrogens (tertiary/aromatic N) is 2. The molecule has 0 atom stereocenters. The van der Waals surface area contributed by atoms with Crippen LogP contribution in [0.4, 0.5) is 0 Å². The predicted octanol–water partition coefficient (Wildman–Crippen LogP) is 3.95. The molecule has 0 bridgehead atoms. The van der Waals surface area contributed by atoms with Crippen molar-refractivity contribution in [2.24, 2.45) is 0 Å². The first-order valence-electron chi connectivity index (χ1n) is 5.31. The first kappa shape index (κ1) is 10.2. The molecule has 3 heteroatoms. The quantitative estimate of drug-likeness (QED) is 0.644. The van der Waals surface area contributed by atoms with Gasteiger partial charge in [-0.15, -0.1) is 0 Å². The number of aromatic nitrogens is 2. The molecular weight excluding hydrogens is 232 g/mol. The number of pyridine rings is 2. The summed E-state index contributed by atoms with van der Waals surface area (Å²) in [6.45, 7) is 0. The van der Waals surface area contributed by atoms with E-state index in [0.717, 1.165) is 16.6 Å². The number of fused-ring (bicyclic) bond motifs is 1. The molecule has 0 unspecified atom stereocenters. The van der Waals surface area contributed by atoms with Crippen LogP contribution in [0.15, 0.2) is 54.7 Å². The van der Waals surface area contributed by atoms with Crippen LogP contribution in [0.1, 0.15) is 0 Å². The second kappa shape index (κ2) is 4.15. The smallest absolute Gasteiger partial charge is 0.161 e. The maximum absolute atomic E-state index is 6.23. The van der Waals surface area contributed by atoms with E-state index in [-0.39, 0.29) is 0 Å². The number of hydrogen-bond donors (Lipinski definition) is 0. The molecule has 0 fully saturated rings. The molecule has 0 aliphatic heterocycles. The molecule has 0 saturated heterocycles. The Balaban J connectivity index is 2.26. The van der Waals surface area contributed by atoms with Crippen molar-refractivity contribution in [3.8, 4) is 11.3 Å². The molecule has 0 amide bonds. The highest BCUT2D eigenvalue weighted by Crippen LogP contribution is 2.26. The molecule has 0 radical (unpaired) electrons. The Morgan fingerprint density at radius 1 is 0.941 bits per heavy atom. The number of benzene rings is 1. The summed E-state index contributed by atoms with van der Waals surface area (Å²) in [5.41, 5.74) is 2.57. The van der Waals surface area contributed by atoms with Gasteiger partial charge in [0.15, 0.2) is 5.65 Å². The third-order valence-electron chi connectivity index (χ3n) is 2.60. The van der Waals surface area contributed by atoms with Crippen molar-refractivity contribution in [3.05, 3.63) is 59.8 Å². The summed E-state index contributed by atoms with van der Waals surface area (Å²) >= 11 is 6.23. The molecular formula is C14H9ClN2. The number of halogens is 1. The average Bonchev–Trinajstić information content (AvgIpc) is 2.40. The fourth-order valence-electron chi connectivity index (χ4n) is 1.77. The molecule has 82 valence electrons. The molecule has 1 aromatic carbocycles. The van der Waals surface area contributed by atoms with Crippen molar-refractivity contribution in [2.45, 2.75) is 0 Å². The van der Waals surface area contributed by atoms with Crippen LogP contribution < -0.4 is 0 Å². The lowest BCUT2D eigenvalue weighted by Gasteiger charge is -2.04. The zero-order valence-corrected chi connectivity index (χ0v) is 9.72. The van der Waals surface area contributed by atoms with E-state index in [1.807, 2.05) is 48.5 Å². The largest absolute Gasteiger partial charge is 0.237 e. The fourth-order valence-corrected chi connectivity index (χ4v) is 2.02. The van der Waals surface area contributed by atoms with Gasteiger partial charge in [0, 0.05) is 17.1 Å². The molecule has 0 spiro atoms. The molecule has 2 heterocycles. The lowest BCUT2D eigenvalue weighted by Crippen LogP contribution is -1.88. The van der Waals surface area contributed by atoms with E-state index in [1.54, 1.807) is 6.20 Å². The molecule has 0 N–H and O–H groups in total. The summed E-state index contributed by atoms with van der Waals surface area (Å²) < 4.78 is 0. The first-order chi connectivity index (χ1) is 8.34. The van der Waals surface area contributed by atoms with Crippen molar-refractivity contribution in [2.75, 3.05) is 0 Å². The minimum Gasteiger partial charge on any atom is -0.237 e. The highest BCUT2D eigenvalue weighted by atomic mass is 35.5. The van der Waals surface area contributed by atoms with Gasteiger partial charge in [-0.3, -0.25) is 0 Å². The molecule has 0 saturated carbocycles. The molecule has 17 heavy (non-hydrogen) atoms. The Labute approximate surface area is 104 Å². The highest BCUT2D eigenvalue weighted by molar-refractivity contribution is 6.35. The van der Waals surface area contributed by atoms with E-state index in [9.17, 15) is 0 Å². The Kier molecular flexibility index (Phi) is 2.50. The maximum atomic E-state index is 6.23. The SMILES string of the molecule is Clc1cc(-c2ccccc2)nc2ncccc12. The molecule has 0 aliphatic carbocycles. The molecule has 2 aromatic heterocycles. The zero-order valence-electron chi connectivity index (χ0n) is 8.97. The summed E-state index contributed by atoms with van der Waals surface area (Å²) in [7, 11) is 0. The zero-order chi connectivity index (χ0) is 11.7. The van der Waals surface area contributed by atoms with Crippen molar-refractivity contribution in [3.63, 3.8) is 0 Å². The maximum Gasteiger partial charge on any atom is 0.161 e. The summed E-state index contributed by atoms with van der Waals surface area (Å²) in [4.78, 5) is 8.74. The van der Waals surface area contributed by atoms with Gasteiger partial charge in [-0.1, -0.05) is 41.9 Å². The van der Waals surface area contributed by atoms with Crippen molar-refractivity contribution < 1.29 is 0 Å². The van der Waals surface area contributed by atoms with Crippen LogP contribution in [0.2, 0.25) is 5.02 Å². The van der Waals surface area contributed by atoms with Crippen LogP contribution >= 0.6 is 11.6 Å². The van der Waals surface area contributed by atoms with Crippen LogP contribution in [0.25, 0.3) is 22.3 Å². The first-order valence-corrected chi connectivity index (χ1v) is 5.69. The molecule has 0 aliphatic rings. The van der Waals surface area contributed by atoms with Gasteiger partial charge in [-0.05, 0) is 18.2 Å². The third-order valence-corrected chi connectivity index (χ3v) is 2.92. The van der Waals surface area contributed by atoms with Crippen LogP contribution in [-0.2, 0) is 0 Å². The van der Waals surface area contributed by atoms with Gasteiger partial charge >= 0.3 is 0 Å². The topological polar surface area (TPSA) is 25.8 Å². The summed E-state index contributed by atoms with van der Waals surface area (Å²) in [5.74, 6) is 0. The minimum absolute atomic E-state index is 0.679. The minimum atomic E-state index is 0.679. The highest BCUT2D eigenvalue weighted by Gasteiger charge is 2.05. The van der Waals surface area contributed by atoms with Crippen LogP contribution in [0.3, 0.4) is 0 Å². The van der Waals surface area contributed by atoms with Crippen LogP contribution in [0.5, 0.6) is 0 Å². The summed E-state index contributed by atoms with van der Waals surface area (Å²) in [5, 5.41) is 1.57. The number of rotatable bonds is 1. The van der Waals surface area contributed by atoms with E-state index < -0.39 is 0 Å². The number of hydrogen-bond acceptors (Lipinski definition) is 2. The third kappa shape index (κ3) is 1.87.